The number of hydrogen-bond acceptors (Lipinski definition) is 3. The van der Waals surface area contributed by atoms with Gasteiger partial charge in [0, 0.05) is 36.8 Å². The maximum absolute atomic E-state index is 12.4. The Hall–Kier alpha value is -2.14. The van der Waals surface area contributed by atoms with E-state index in [0.29, 0.717) is 12.8 Å². The molecule has 0 aliphatic carbocycles. The zero-order chi connectivity index (χ0) is 14.9. The normalized spacial score (nSPS) is 14.3. The summed E-state index contributed by atoms with van der Waals surface area (Å²) in [6.45, 7) is 1.61. The number of carbonyl (C=O) groups is 1. The predicted octanol–water partition coefficient (Wildman–Crippen LogP) is 2.91. The van der Waals surface area contributed by atoms with E-state index in [1.54, 1.807) is 11.3 Å². The van der Waals surface area contributed by atoms with Crippen LogP contribution in [0.3, 0.4) is 0 Å². The molecule has 5 heteroatoms. The number of pyridine rings is 1. The van der Waals surface area contributed by atoms with E-state index in [1.807, 2.05) is 39.9 Å². The molecule has 0 unspecified atom stereocenters. The molecule has 4 heterocycles. The number of thiophene rings is 1. The molecule has 1 aliphatic rings. The maximum Gasteiger partial charge on any atom is 0.223 e. The van der Waals surface area contributed by atoms with Crippen molar-refractivity contribution in [3.8, 4) is 0 Å². The minimum Gasteiger partial charge on any atom is -0.338 e. The van der Waals surface area contributed by atoms with Crippen LogP contribution in [-0.4, -0.2) is 26.7 Å². The molecule has 1 aliphatic heterocycles. The Balaban J connectivity index is 1.40. The van der Waals surface area contributed by atoms with Gasteiger partial charge in [-0.1, -0.05) is 6.07 Å². The topological polar surface area (TPSA) is 37.6 Å². The Morgan fingerprint density at radius 1 is 1.32 bits per heavy atom. The summed E-state index contributed by atoms with van der Waals surface area (Å²) in [4.78, 5) is 20.4. The van der Waals surface area contributed by atoms with Crippen molar-refractivity contribution in [2.24, 2.45) is 0 Å². The molecule has 1 amide bonds. The summed E-state index contributed by atoms with van der Waals surface area (Å²) in [6, 6.07) is 8.08. The molecule has 0 saturated carbocycles. The van der Waals surface area contributed by atoms with Crippen LogP contribution in [0.5, 0.6) is 0 Å². The van der Waals surface area contributed by atoms with Crippen molar-refractivity contribution in [3.63, 3.8) is 0 Å². The van der Waals surface area contributed by atoms with Crippen molar-refractivity contribution in [2.75, 3.05) is 6.54 Å². The lowest BCUT2D eigenvalue weighted by Gasteiger charge is -2.27. The fourth-order valence-corrected chi connectivity index (χ4v) is 3.85. The summed E-state index contributed by atoms with van der Waals surface area (Å²) in [5, 5.41) is 2.12. The van der Waals surface area contributed by atoms with Gasteiger partial charge in [-0.2, -0.15) is 0 Å². The summed E-state index contributed by atoms with van der Waals surface area (Å²) in [5.74, 6) is 0.230. The van der Waals surface area contributed by atoms with E-state index in [4.69, 9.17) is 0 Å². The minimum atomic E-state index is 0.230. The number of fused-ring (bicyclic) bond motifs is 2. The lowest BCUT2D eigenvalue weighted by molar-refractivity contribution is -0.132. The van der Waals surface area contributed by atoms with Gasteiger partial charge in [0.25, 0.3) is 0 Å². The fourth-order valence-electron chi connectivity index (χ4n) is 2.96. The molecule has 0 saturated heterocycles. The Morgan fingerprint density at radius 3 is 3.18 bits per heavy atom. The van der Waals surface area contributed by atoms with E-state index in [0.717, 1.165) is 30.9 Å². The van der Waals surface area contributed by atoms with Crippen LogP contribution in [0.1, 0.15) is 22.6 Å². The molecule has 0 radical (unpaired) electrons. The van der Waals surface area contributed by atoms with E-state index in [9.17, 15) is 4.79 Å². The predicted molar refractivity (Wildman–Crippen MR) is 87.0 cm³/mol. The summed E-state index contributed by atoms with van der Waals surface area (Å²) in [5.41, 5.74) is 3.23. The molecule has 3 aromatic heterocycles. The van der Waals surface area contributed by atoms with Crippen molar-refractivity contribution >= 4 is 22.9 Å². The molecule has 22 heavy (non-hydrogen) atoms. The third-order valence-corrected chi connectivity index (χ3v) is 5.19. The second kappa shape index (κ2) is 5.57. The molecule has 4 nitrogen and oxygen atoms in total. The van der Waals surface area contributed by atoms with Crippen LogP contribution in [0.4, 0.5) is 0 Å². The van der Waals surface area contributed by atoms with Gasteiger partial charge in [-0.25, -0.2) is 4.98 Å². The third kappa shape index (κ3) is 2.52. The third-order valence-electron chi connectivity index (χ3n) is 4.17. The average molecular weight is 311 g/mol. The quantitative estimate of drug-likeness (QED) is 0.746. The van der Waals surface area contributed by atoms with Crippen molar-refractivity contribution in [1.82, 2.24) is 14.3 Å². The summed E-state index contributed by atoms with van der Waals surface area (Å²) >= 11 is 1.80. The van der Waals surface area contributed by atoms with E-state index < -0.39 is 0 Å². The number of aromatic nitrogens is 2. The SMILES string of the molecule is O=C(CCc1cn2ccccc2n1)N1CCc2sccc2C1. The number of rotatable bonds is 3. The number of amides is 1. The molecule has 0 spiro atoms. The van der Waals surface area contributed by atoms with Crippen LogP contribution in [0.15, 0.2) is 42.0 Å². The highest BCUT2D eigenvalue weighted by Crippen LogP contribution is 2.24. The first-order chi connectivity index (χ1) is 10.8. The fraction of sp³-hybridized carbons (Fsp3) is 0.294. The van der Waals surface area contributed by atoms with E-state index in [2.05, 4.69) is 16.4 Å². The van der Waals surface area contributed by atoms with Gasteiger partial charge in [-0.3, -0.25) is 4.79 Å². The van der Waals surface area contributed by atoms with Crippen LogP contribution < -0.4 is 0 Å². The molecule has 0 N–H and O–H groups in total. The van der Waals surface area contributed by atoms with Crippen molar-refractivity contribution in [2.45, 2.75) is 25.8 Å². The first kappa shape index (κ1) is 13.5. The van der Waals surface area contributed by atoms with E-state index in [1.165, 1.54) is 10.4 Å². The van der Waals surface area contributed by atoms with Gasteiger partial charge in [0.2, 0.25) is 5.91 Å². The highest BCUT2D eigenvalue weighted by molar-refractivity contribution is 7.10. The Bertz CT molecular complexity index is 787. The monoisotopic (exact) mass is 311 g/mol. The summed E-state index contributed by atoms with van der Waals surface area (Å²) < 4.78 is 2.00. The highest BCUT2D eigenvalue weighted by Gasteiger charge is 2.21. The van der Waals surface area contributed by atoms with Gasteiger partial charge in [-0.15, -0.1) is 11.3 Å². The van der Waals surface area contributed by atoms with E-state index >= 15 is 0 Å². The van der Waals surface area contributed by atoms with Gasteiger partial charge in [0.15, 0.2) is 0 Å². The van der Waals surface area contributed by atoms with Gasteiger partial charge in [0.05, 0.1) is 5.69 Å². The Morgan fingerprint density at radius 2 is 2.27 bits per heavy atom. The molecule has 112 valence electrons. The van der Waals surface area contributed by atoms with Crippen LogP contribution >= 0.6 is 11.3 Å². The Kier molecular flexibility index (Phi) is 3.42. The Labute approximate surface area is 133 Å². The second-order valence-electron chi connectivity index (χ2n) is 5.63. The zero-order valence-electron chi connectivity index (χ0n) is 12.2. The van der Waals surface area contributed by atoms with Crippen molar-refractivity contribution < 1.29 is 4.79 Å². The molecule has 0 aromatic carbocycles. The number of aryl methyl sites for hydroxylation is 1. The maximum atomic E-state index is 12.4. The number of hydrogen-bond donors (Lipinski definition) is 0. The lowest BCUT2D eigenvalue weighted by Crippen LogP contribution is -2.35. The van der Waals surface area contributed by atoms with E-state index in [-0.39, 0.29) is 5.91 Å². The first-order valence-electron chi connectivity index (χ1n) is 7.55. The van der Waals surface area contributed by atoms with Gasteiger partial charge >= 0.3 is 0 Å². The van der Waals surface area contributed by atoms with Crippen LogP contribution in [0.2, 0.25) is 0 Å². The number of imidazole rings is 1. The van der Waals surface area contributed by atoms with Crippen molar-refractivity contribution in [1.29, 1.82) is 0 Å². The highest BCUT2D eigenvalue weighted by atomic mass is 32.1. The number of nitrogens with zero attached hydrogens (tertiary/aromatic N) is 3. The molecular formula is C17H17N3OS. The van der Waals surface area contributed by atoms with Crippen LogP contribution in [0, 0.1) is 0 Å². The average Bonchev–Trinajstić information content (AvgIpc) is 3.17. The van der Waals surface area contributed by atoms with Gasteiger partial charge in [-0.05, 0) is 42.0 Å². The molecule has 3 aromatic rings. The molecule has 0 bridgehead atoms. The van der Waals surface area contributed by atoms with Gasteiger partial charge < -0.3 is 9.30 Å². The molecule has 4 rings (SSSR count). The summed E-state index contributed by atoms with van der Waals surface area (Å²) in [7, 11) is 0. The first-order valence-corrected chi connectivity index (χ1v) is 8.43. The van der Waals surface area contributed by atoms with Crippen LogP contribution in [0.25, 0.3) is 5.65 Å². The van der Waals surface area contributed by atoms with Gasteiger partial charge in [0.1, 0.15) is 5.65 Å². The standard InChI is InChI=1S/C17H17N3OS/c21-17(20-9-6-15-13(11-20)7-10-22-15)5-4-14-12-19-8-2-1-3-16(19)18-14/h1-3,7-8,10,12H,4-6,9,11H2. The summed E-state index contributed by atoms with van der Waals surface area (Å²) in [6.07, 6.45) is 6.22. The number of carbonyl (C=O) groups excluding carboxylic acids is 1. The zero-order valence-corrected chi connectivity index (χ0v) is 13.1. The lowest BCUT2D eigenvalue weighted by atomic mass is 10.1. The molecule has 0 atom stereocenters. The minimum absolute atomic E-state index is 0.230. The largest absolute Gasteiger partial charge is 0.338 e. The second-order valence-corrected chi connectivity index (χ2v) is 6.63. The van der Waals surface area contributed by atoms with Crippen molar-refractivity contribution in [3.05, 3.63) is 58.2 Å². The van der Waals surface area contributed by atoms with Crippen LogP contribution in [-0.2, 0) is 24.2 Å². The molecule has 0 fully saturated rings. The molecular weight excluding hydrogens is 294 g/mol. The smallest absolute Gasteiger partial charge is 0.223 e.